The molecule has 4 rings (SSSR count). The number of hydrogen-bond acceptors (Lipinski definition) is 4. The van der Waals surface area contributed by atoms with Gasteiger partial charge in [-0.15, -0.1) is 0 Å². The third kappa shape index (κ3) is 5.02. The summed E-state index contributed by atoms with van der Waals surface area (Å²) in [7, 11) is 0. The molecule has 2 heterocycles. The highest BCUT2D eigenvalue weighted by molar-refractivity contribution is 8.00. The predicted molar refractivity (Wildman–Crippen MR) is 127 cm³/mol. The van der Waals surface area contributed by atoms with E-state index >= 15 is 0 Å². The molecule has 1 saturated heterocycles. The molecule has 1 N–H and O–H groups in total. The number of carbonyl (C=O) groups excluding carboxylic acids is 1. The highest BCUT2D eigenvalue weighted by Gasteiger charge is 2.24. The number of imidazole rings is 1. The van der Waals surface area contributed by atoms with E-state index in [1.165, 1.54) is 11.8 Å². The Morgan fingerprint density at radius 1 is 1.19 bits per heavy atom. The molecule has 1 aromatic heterocycles. The highest BCUT2D eigenvalue weighted by Crippen LogP contribution is 2.31. The number of amides is 1. The minimum Gasteiger partial charge on any atom is -0.376 e. The number of hydrogen-bond donors (Lipinski definition) is 1. The lowest BCUT2D eigenvalue weighted by molar-refractivity contribution is -0.115. The maximum absolute atomic E-state index is 13.0. The maximum Gasteiger partial charge on any atom is 0.237 e. The fraction of sp³-hybridized carbons (Fsp3) is 0.360. The molecular formula is C25H29N3O2S. The van der Waals surface area contributed by atoms with Gasteiger partial charge in [-0.25, -0.2) is 4.98 Å². The first kappa shape index (κ1) is 21.7. The second kappa shape index (κ2) is 9.71. The molecule has 2 atom stereocenters. The number of aromatic nitrogens is 2. The zero-order valence-electron chi connectivity index (χ0n) is 18.3. The summed E-state index contributed by atoms with van der Waals surface area (Å²) in [6.07, 6.45) is 4.24. The molecule has 31 heavy (non-hydrogen) atoms. The fourth-order valence-electron chi connectivity index (χ4n) is 3.91. The molecule has 5 nitrogen and oxygen atoms in total. The van der Waals surface area contributed by atoms with Gasteiger partial charge in [0.1, 0.15) is 0 Å². The van der Waals surface area contributed by atoms with Crippen molar-refractivity contribution in [2.75, 3.05) is 11.9 Å². The molecule has 162 valence electrons. The number of benzene rings is 2. The van der Waals surface area contributed by atoms with E-state index in [2.05, 4.69) is 27.0 Å². The molecule has 1 amide bonds. The molecule has 0 aliphatic carbocycles. The number of thioether (sulfide) groups is 1. The second-order valence-corrected chi connectivity index (χ2v) is 9.36. The van der Waals surface area contributed by atoms with E-state index in [4.69, 9.17) is 4.74 Å². The zero-order chi connectivity index (χ0) is 21.8. The normalized spacial score (nSPS) is 16.9. The minimum atomic E-state index is -0.284. The Balaban J connectivity index is 1.55. The lowest BCUT2D eigenvalue weighted by atomic mass is 10.1. The van der Waals surface area contributed by atoms with Crippen LogP contribution in [0.25, 0.3) is 11.3 Å². The number of para-hydroxylation sites is 1. The molecule has 2 aromatic carbocycles. The van der Waals surface area contributed by atoms with Crippen molar-refractivity contribution >= 4 is 23.4 Å². The molecule has 0 unspecified atom stereocenters. The van der Waals surface area contributed by atoms with E-state index < -0.39 is 0 Å². The molecule has 3 aromatic rings. The fourth-order valence-corrected chi connectivity index (χ4v) is 4.80. The summed E-state index contributed by atoms with van der Waals surface area (Å²) < 4.78 is 8.10. The summed E-state index contributed by atoms with van der Waals surface area (Å²) in [4.78, 5) is 17.6. The molecule has 1 aliphatic rings. The average Bonchev–Trinajstić information content (AvgIpc) is 3.42. The van der Waals surface area contributed by atoms with Gasteiger partial charge in [-0.3, -0.25) is 4.79 Å². The van der Waals surface area contributed by atoms with Crippen LogP contribution in [0.2, 0.25) is 0 Å². The van der Waals surface area contributed by atoms with Gasteiger partial charge >= 0.3 is 0 Å². The first-order valence-electron chi connectivity index (χ1n) is 10.8. The average molecular weight is 436 g/mol. The Kier molecular flexibility index (Phi) is 6.78. The van der Waals surface area contributed by atoms with Gasteiger partial charge in [0, 0.05) is 12.3 Å². The van der Waals surface area contributed by atoms with Crippen LogP contribution in [0.3, 0.4) is 0 Å². The van der Waals surface area contributed by atoms with Crippen LogP contribution < -0.4 is 5.32 Å². The smallest absolute Gasteiger partial charge is 0.237 e. The van der Waals surface area contributed by atoms with Crippen LogP contribution in [0.1, 0.15) is 30.9 Å². The quantitative estimate of drug-likeness (QED) is 0.500. The van der Waals surface area contributed by atoms with Gasteiger partial charge in [0.05, 0.1) is 29.8 Å². The van der Waals surface area contributed by atoms with E-state index in [1.807, 2.05) is 63.4 Å². The van der Waals surface area contributed by atoms with Crippen LogP contribution in [-0.4, -0.2) is 33.4 Å². The number of nitrogens with zero attached hydrogens (tertiary/aromatic N) is 2. The highest BCUT2D eigenvalue weighted by atomic mass is 32.2. The van der Waals surface area contributed by atoms with Crippen LogP contribution >= 0.6 is 11.8 Å². The lowest BCUT2D eigenvalue weighted by Crippen LogP contribution is -2.24. The van der Waals surface area contributed by atoms with Gasteiger partial charge in [0.25, 0.3) is 0 Å². The Morgan fingerprint density at radius 3 is 2.61 bits per heavy atom. The molecule has 1 fully saturated rings. The second-order valence-electron chi connectivity index (χ2n) is 8.05. The van der Waals surface area contributed by atoms with E-state index in [-0.39, 0.29) is 17.3 Å². The number of nitrogens with one attached hydrogen (secondary N) is 1. The SMILES string of the molecule is Cc1cccc(C)c1NC(=O)[C@H](C)Sc1ncc(-c2ccccc2)n1C[C@@H]1CCCO1. The van der Waals surface area contributed by atoms with Gasteiger partial charge in [0.15, 0.2) is 5.16 Å². The first-order valence-corrected chi connectivity index (χ1v) is 11.7. The number of ether oxygens (including phenoxy) is 1. The van der Waals surface area contributed by atoms with E-state index in [9.17, 15) is 4.79 Å². The van der Waals surface area contributed by atoms with Crippen molar-refractivity contribution in [2.24, 2.45) is 0 Å². The van der Waals surface area contributed by atoms with Gasteiger partial charge in [-0.05, 0) is 50.3 Å². The Hall–Kier alpha value is -2.57. The number of anilines is 1. The monoisotopic (exact) mass is 435 g/mol. The van der Waals surface area contributed by atoms with Crippen LogP contribution in [-0.2, 0) is 16.1 Å². The van der Waals surface area contributed by atoms with Gasteiger partial charge < -0.3 is 14.6 Å². The van der Waals surface area contributed by atoms with E-state index in [1.54, 1.807) is 0 Å². The van der Waals surface area contributed by atoms with Crippen molar-refractivity contribution in [1.29, 1.82) is 0 Å². The molecule has 6 heteroatoms. The van der Waals surface area contributed by atoms with Crippen LogP contribution in [0.15, 0.2) is 59.9 Å². The van der Waals surface area contributed by atoms with Crippen molar-refractivity contribution in [1.82, 2.24) is 9.55 Å². The van der Waals surface area contributed by atoms with Crippen molar-refractivity contribution in [2.45, 2.75) is 56.7 Å². The molecule has 0 saturated carbocycles. The van der Waals surface area contributed by atoms with Gasteiger partial charge in [-0.1, -0.05) is 60.3 Å². The maximum atomic E-state index is 13.0. The lowest BCUT2D eigenvalue weighted by Gasteiger charge is -2.18. The molecule has 0 spiro atoms. The third-order valence-electron chi connectivity index (χ3n) is 5.68. The zero-order valence-corrected chi connectivity index (χ0v) is 19.1. The molecule has 1 aliphatic heterocycles. The largest absolute Gasteiger partial charge is 0.376 e. The first-order chi connectivity index (χ1) is 15.0. The van der Waals surface area contributed by atoms with Gasteiger partial charge in [-0.2, -0.15) is 0 Å². The summed E-state index contributed by atoms with van der Waals surface area (Å²) in [6.45, 7) is 7.53. The van der Waals surface area contributed by atoms with E-state index in [0.717, 1.165) is 59.2 Å². The molecular weight excluding hydrogens is 406 g/mol. The summed E-state index contributed by atoms with van der Waals surface area (Å²) in [5.41, 5.74) is 5.20. The van der Waals surface area contributed by atoms with Crippen molar-refractivity contribution in [3.8, 4) is 11.3 Å². The standard InChI is InChI=1S/C25H29N3O2S/c1-17-9-7-10-18(2)23(17)27-24(29)19(3)31-25-26-15-22(20-11-5-4-6-12-20)28(25)16-21-13-8-14-30-21/h4-7,9-12,15,19,21H,8,13-14,16H2,1-3H3,(H,27,29)/t19-,21-/m0/s1. The van der Waals surface area contributed by atoms with Crippen molar-refractivity contribution in [3.63, 3.8) is 0 Å². The number of rotatable bonds is 7. The minimum absolute atomic E-state index is 0.0182. The summed E-state index contributed by atoms with van der Waals surface area (Å²) in [6, 6.07) is 16.3. The van der Waals surface area contributed by atoms with Crippen LogP contribution in [0.4, 0.5) is 5.69 Å². The van der Waals surface area contributed by atoms with Gasteiger partial charge in [0.2, 0.25) is 5.91 Å². The third-order valence-corrected chi connectivity index (χ3v) is 6.78. The molecule has 0 bridgehead atoms. The van der Waals surface area contributed by atoms with Crippen molar-refractivity contribution < 1.29 is 9.53 Å². The Bertz CT molecular complexity index is 1020. The number of aryl methyl sites for hydroxylation is 2. The van der Waals surface area contributed by atoms with Crippen molar-refractivity contribution in [3.05, 3.63) is 65.9 Å². The Labute approximate surface area is 188 Å². The van der Waals surface area contributed by atoms with Crippen LogP contribution in [0.5, 0.6) is 0 Å². The van der Waals surface area contributed by atoms with E-state index in [0.29, 0.717) is 0 Å². The van der Waals surface area contributed by atoms with Crippen LogP contribution in [0, 0.1) is 13.8 Å². The summed E-state index contributed by atoms with van der Waals surface area (Å²) >= 11 is 1.49. The Morgan fingerprint density at radius 2 is 1.94 bits per heavy atom. The number of carbonyl (C=O) groups is 1. The topological polar surface area (TPSA) is 56.2 Å². The predicted octanol–water partition coefficient (Wildman–Crippen LogP) is 5.47. The summed E-state index contributed by atoms with van der Waals surface area (Å²) in [5.74, 6) is -0.0182. The molecule has 0 radical (unpaired) electrons. The summed E-state index contributed by atoms with van der Waals surface area (Å²) in [5, 5.41) is 3.67.